The smallest absolute Gasteiger partial charge is 0.319 e. The fraction of sp³-hybridized carbons (Fsp3) is 0.227. The Kier molecular flexibility index (Phi) is 4.42. The van der Waals surface area contributed by atoms with Crippen LogP contribution in [0.25, 0.3) is 17.1 Å². The van der Waals surface area contributed by atoms with Gasteiger partial charge in [0.25, 0.3) is 12.3 Å². The Balaban J connectivity index is 1.46. The number of nitrogens with zero attached hydrogens (tertiary/aromatic N) is 7. The molecule has 5 aromatic rings. The molecule has 1 aliphatic rings. The van der Waals surface area contributed by atoms with E-state index in [-0.39, 0.29) is 5.56 Å². The molecule has 0 spiro atoms. The molecule has 0 aromatic carbocycles. The monoisotopic (exact) mass is 448 g/mol. The molecule has 0 saturated carbocycles. The summed E-state index contributed by atoms with van der Waals surface area (Å²) in [5.74, 6) is 0.310. The van der Waals surface area contributed by atoms with E-state index in [2.05, 4.69) is 30.2 Å². The second kappa shape index (κ2) is 7.47. The molecule has 0 saturated heterocycles. The van der Waals surface area contributed by atoms with Crippen molar-refractivity contribution in [3.8, 4) is 11.6 Å². The van der Waals surface area contributed by atoms with Gasteiger partial charge in [-0.05, 0) is 36.8 Å². The minimum atomic E-state index is -2.61. The van der Waals surface area contributed by atoms with Gasteiger partial charge in [-0.3, -0.25) is 4.98 Å². The number of rotatable bonds is 4. The Hall–Kier alpha value is -4.15. The molecule has 0 amide bonds. The Morgan fingerprint density at radius 2 is 2.09 bits per heavy atom. The maximum absolute atomic E-state index is 13.6. The van der Waals surface area contributed by atoms with E-state index in [4.69, 9.17) is 4.42 Å². The third-order valence-electron chi connectivity index (χ3n) is 5.87. The van der Waals surface area contributed by atoms with Crippen LogP contribution >= 0.6 is 0 Å². The third kappa shape index (κ3) is 3.15. The summed E-state index contributed by atoms with van der Waals surface area (Å²) < 4.78 is 34.6. The summed E-state index contributed by atoms with van der Waals surface area (Å²) in [6.45, 7) is 2.47. The molecule has 9 nitrogen and oxygen atoms in total. The van der Waals surface area contributed by atoms with Gasteiger partial charge in [-0.25, -0.2) is 18.3 Å². The number of aryl methyl sites for hydroxylation is 1. The molecule has 33 heavy (non-hydrogen) atoms. The van der Waals surface area contributed by atoms with Gasteiger partial charge in [0.15, 0.2) is 0 Å². The van der Waals surface area contributed by atoms with Crippen molar-refractivity contribution in [2.75, 3.05) is 11.4 Å². The number of halogens is 2. The number of alkyl halides is 2. The van der Waals surface area contributed by atoms with Gasteiger partial charge in [0.1, 0.15) is 11.7 Å². The van der Waals surface area contributed by atoms with Crippen molar-refractivity contribution in [2.24, 2.45) is 0 Å². The van der Waals surface area contributed by atoms with Crippen molar-refractivity contribution in [3.05, 3.63) is 77.3 Å². The van der Waals surface area contributed by atoms with Gasteiger partial charge in [-0.1, -0.05) is 11.2 Å². The number of H-pyrrole nitrogens is 1. The highest BCUT2D eigenvalue weighted by atomic mass is 19.3. The van der Waals surface area contributed by atoms with E-state index in [9.17, 15) is 8.78 Å². The van der Waals surface area contributed by atoms with Crippen LogP contribution in [0.4, 0.5) is 14.8 Å². The van der Waals surface area contributed by atoms with Crippen molar-refractivity contribution in [1.82, 2.24) is 34.8 Å². The van der Waals surface area contributed by atoms with Crippen LogP contribution in [-0.4, -0.2) is 41.3 Å². The van der Waals surface area contributed by atoms with Crippen LogP contribution in [0.2, 0.25) is 0 Å². The molecule has 5 aromatic heterocycles. The minimum absolute atomic E-state index is 0.0773. The summed E-state index contributed by atoms with van der Waals surface area (Å²) in [6.07, 6.45) is 3.02. The third-order valence-corrected chi connectivity index (χ3v) is 5.87. The molecule has 1 N–H and O–H groups in total. The molecule has 166 valence electrons. The van der Waals surface area contributed by atoms with E-state index in [1.165, 1.54) is 10.6 Å². The highest BCUT2D eigenvalue weighted by Crippen LogP contribution is 2.37. The second-order valence-corrected chi connectivity index (χ2v) is 7.83. The summed E-state index contributed by atoms with van der Waals surface area (Å²) in [6, 6.07) is 8.20. The Bertz CT molecular complexity index is 1460. The maximum Gasteiger partial charge on any atom is 0.319 e. The lowest BCUT2D eigenvalue weighted by molar-refractivity contribution is 0.152. The fourth-order valence-corrected chi connectivity index (χ4v) is 4.29. The number of nitrogens with one attached hydrogen (secondary N) is 1. The summed E-state index contributed by atoms with van der Waals surface area (Å²) in [5, 5.41) is 13.1. The normalized spacial score (nSPS) is 16.0. The highest BCUT2D eigenvalue weighted by molar-refractivity contribution is 5.58. The first-order valence-corrected chi connectivity index (χ1v) is 10.4. The van der Waals surface area contributed by atoms with Crippen LogP contribution in [0.15, 0.2) is 53.5 Å². The van der Waals surface area contributed by atoms with Gasteiger partial charge in [0, 0.05) is 36.6 Å². The van der Waals surface area contributed by atoms with Gasteiger partial charge >= 0.3 is 6.01 Å². The average molecular weight is 448 g/mol. The topological polar surface area (TPSA) is 101 Å². The summed E-state index contributed by atoms with van der Waals surface area (Å²) in [7, 11) is 0. The number of anilines is 1. The van der Waals surface area contributed by atoms with Crippen molar-refractivity contribution in [1.29, 1.82) is 0 Å². The zero-order valence-electron chi connectivity index (χ0n) is 17.5. The molecule has 0 radical (unpaired) electrons. The van der Waals surface area contributed by atoms with Crippen LogP contribution in [0.1, 0.15) is 40.7 Å². The average Bonchev–Trinajstić information content (AvgIpc) is 3.56. The van der Waals surface area contributed by atoms with Crippen molar-refractivity contribution in [2.45, 2.75) is 25.8 Å². The lowest BCUT2D eigenvalue weighted by Crippen LogP contribution is -2.36. The Labute approximate surface area is 186 Å². The molecule has 6 heterocycles. The van der Waals surface area contributed by atoms with Crippen LogP contribution in [0, 0.1) is 6.92 Å². The zero-order chi connectivity index (χ0) is 22.5. The number of fused-ring (bicyclic) bond motifs is 2. The SMILES string of the molecule is Cc1cccnc1-c1nnc(N2CCc3[nH]cnc3C2c2cc3c(C(F)F)cccn3n2)o1. The number of hydrogen-bond donors (Lipinski definition) is 1. The van der Waals surface area contributed by atoms with Crippen molar-refractivity contribution < 1.29 is 13.2 Å². The van der Waals surface area contributed by atoms with Crippen LogP contribution in [-0.2, 0) is 6.42 Å². The number of aromatic amines is 1. The maximum atomic E-state index is 13.6. The van der Waals surface area contributed by atoms with E-state index < -0.39 is 12.5 Å². The standard InChI is InChI=1S/C22H18F2N8O/c1-12-4-2-7-25-17(12)21-28-29-22(33-21)31-9-6-14-18(27-11-26-14)19(31)15-10-16-13(20(23)24)5-3-8-32(16)30-15/h2-5,7-8,10-11,19-20H,6,9H2,1H3,(H,26,27). The quantitative estimate of drug-likeness (QED) is 0.445. The Morgan fingerprint density at radius 1 is 1.18 bits per heavy atom. The first-order chi connectivity index (χ1) is 16.1. The second-order valence-electron chi connectivity index (χ2n) is 7.83. The number of aromatic nitrogens is 7. The van der Waals surface area contributed by atoms with E-state index in [1.54, 1.807) is 30.9 Å². The predicted molar refractivity (Wildman–Crippen MR) is 114 cm³/mol. The number of imidazole rings is 1. The van der Waals surface area contributed by atoms with E-state index in [1.807, 2.05) is 24.0 Å². The number of pyridine rings is 2. The number of hydrogen-bond acceptors (Lipinski definition) is 7. The fourth-order valence-electron chi connectivity index (χ4n) is 4.29. The van der Waals surface area contributed by atoms with Gasteiger partial charge in [0.2, 0.25) is 0 Å². The first kappa shape index (κ1) is 19.5. The zero-order valence-corrected chi connectivity index (χ0v) is 17.5. The van der Waals surface area contributed by atoms with Gasteiger partial charge in [-0.15, -0.1) is 5.10 Å². The van der Waals surface area contributed by atoms with Crippen molar-refractivity contribution >= 4 is 11.5 Å². The highest BCUT2D eigenvalue weighted by Gasteiger charge is 2.36. The molecule has 0 aliphatic carbocycles. The molecule has 0 bridgehead atoms. The molecule has 11 heteroatoms. The Morgan fingerprint density at radius 3 is 2.94 bits per heavy atom. The lowest BCUT2D eigenvalue weighted by atomic mass is 10.00. The van der Waals surface area contributed by atoms with Gasteiger partial charge < -0.3 is 14.3 Å². The molecular weight excluding hydrogens is 430 g/mol. The van der Waals surface area contributed by atoms with Crippen LogP contribution in [0.5, 0.6) is 0 Å². The molecule has 0 fully saturated rings. The molecule has 6 rings (SSSR count). The van der Waals surface area contributed by atoms with E-state index in [0.29, 0.717) is 41.8 Å². The van der Waals surface area contributed by atoms with Gasteiger partial charge in [0.05, 0.1) is 23.2 Å². The lowest BCUT2D eigenvalue weighted by Gasteiger charge is -2.32. The van der Waals surface area contributed by atoms with Crippen molar-refractivity contribution in [3.63, 3.8) is 0 Å². The molecular formula is C22H18F2N8O. The molecule has 1 aliphatic heterocycles. The van der Waals surface area contributed by atoms with E-state index >= 15 is 0 Å². The van der Waals surface area contributed by atoms with Crippen LogP contribution < -0.4 is 4.90 Å². The minimum Gasteiger partial charge on any atom is -0.402 e. The summed E-state index contributed by atoms with van der Waals surface area (Å²) >= 11 is 0. The molecule has 1 atom stereocenters. The summed E-state index contributed by atoms with van der Waals surface area (Å²) in [4.78, 5) is 13.9. The predicted octanol–water partition coefficient (Wildman–Crippen LogP) is 3.90. The summed E-state index contributed by atoms with van der Waals surface area (Å²) in [5.41, 5.74) is 4.06. The first-order valence-electron chi connectivity index (χ1n) is 10.4. The largest absolute Gasteiger partial charge is 0.402 e. The van der Waals surface area contributed by atoms with Crippen LogP contribution in [0.3, 0.4) is 0 Å². The van der Waals surface area contributed by atoms with Gasteiger partial charge in [-0.2, -0.15) is 5.10 Å². The van der Waals surface area contributed by atoms with E-state index in [0.717, 1.165) is 17.0 Å². The molecule has 1 unspecified atom stereocenters.